The lowest BCUT2D eigenvalue weighted by molar-refractivity contribution is 0.103. The molecular weight excluding hydrogens is 354 g/mol. The Hall–Kier alpha value is -2.25. The number of aryl methyl sites for hydroxylation is 1. The molecule has 0 aliphatic heterocycles. The van der Waals surface area contributed by atoms with Gasteiger partial charge in [-0.05, 0) is 49.1 Å². The lowest BCUT2D eigenvalue weighted by atomic mass is 10.1. The summed E-state index contributed by atoms with van der Waals surface area (Å²) in [6.45, 7) is 2.02. The molecular formula is C18H17N3O2S2. The number of anilines is 1. The molecule has 0 bridgehead atoms. The van der Waals surface area contributed by atoms with Crippen LogP contribution in [-0.2, 0) is 0 Å². The Morgan fingerprint density at radius 3 is 2.64 bits per heavy atom. The minimum Gasteiger partial charge on any atom is -0.497 e. The van der Waals surface area contributed by atoms with Crippen LogP contribution in [0.15, 0.2) is 30.3 Å². The molecule has 0 saturated heterocycles. The second-order valence-corrected chi connectivity index (χ2v) is 8.25. The summed E-state index contributed by atoms with van der Waals surface area (Å²) in [5.41, 5.74) is 2.13. The molecule has 7 heteroatoms. The van der Waals surface area contributed by atoms with E-state index in [4.69, 9.17) is 4.74 Å². The van der Waals surface area contributed by atoms with Crippen molar-refractivity contribution in [3.05, 3.63) is 45.1 Å². The second-order valence-electron chi connectivity index (χ2n) is 5.98. The first-order valence-electron chi connectivity index (χ1n) is 8.03. The number of thiophene rings is 1. The molecule has 1 aliphatic rings. The van der Waals surface area contributed by atoms with Crippen LogP contribution < -0.4 is 10.1 Å². The number of carbonyl (C=O) groups excluding carboxylic acids is 1. The molecule has 0 atom stereocenters. The average molecular weight is 371 g/mol. The largest absolute Gasteiger partial charge is 0.497 e. The molecule has 4 rings (SSSR count). The number of rotatable bonds is 5. The van der Waals surface area contributed by atoms with Crippen LogP contribution in [0.25, 0.3) is 11.1 Å². The Balaban J connectivity index is 1.52. The monoisotopic (exact) mass is 371 g/mol. The fraction of sp³-hybridized carbons (Fsp3) is 0.278. The number of nitrogens with zero attached hydrogens (tertiary/aromatic N) is 2. The predicted octanol–water partition coefficient (Wildman–Crippen LogP) is 4.71. The van der Waals surface area contributed by atoms with E-state index in [9.17, 15) is 4.79 Å². The van der Waals surface area contributed by atoms with Gasteiger partial charge in [-0.15, -0.1) is 21.5 Å². The van der Waals surface area contributed by atoms with Crippen molar-refractivity contribution in [3.63, 3.8) is 0 Å². The summed E-state index contributed by atoms with van der Waals surface area (Å²) in [5, 5.41) is 12.7. The van der Waals surface area contributed by atoms with E-state index in [1.807, 2.05) is 37.3 Å². The summed E-state index contributed by atoms with van der Waals surface area (Å²) in [6.07, 6.45) is 2.36. The quantitative estimate of drug-likeness (QED) is 0.705. The first-order chi connectivity index (χ1) is 12.1. The summed E-state index contributed by atoms with van der Waals surface area (Å²) in [4.78, 5) is 14.3. The third kappa shape index (κ3) is 3.43. The third-order valence-corrected chi connectivity index (χ3v) is 6.18. The van der Waals surface area contributed by atoms with Gasteiger partial charge in [-0.25, -0.2) is 0 Å². The van der Waals surface area contributed by atoms with Gasteiger partial charge in [0.25, 0.3) is 5.91 Å². The zero-order chi connectivity index (χ0) is 17.4. The highest BCUT2D eigenvalue weighted by Gasteiger charge is 2.28. The van der Waals surface area contributed by atoms with Gasteiger partial charge in [0, 0.05) is 10.8 Å². The van der Waals surface area contributed by atoms with Crippen molar-refractivity contribution < 1.29 is 9.53 Å². The third-order valence-electron chi connectivity index (χ3n) is 4.13. The molecule has 0 unspecified atom stereocenters. The number of ether oxygens (including phenoxy) is 1. The Labute approximate surface area is 153 Å². The van der Waals surface area contributed by atoms with E-state index in [-0.39, 0.29) is 5.91 Å². The van der Waals surface area contributed by atoms with E-state index in [1.54, 1.807) is 7.11 Å². The van der Waals surface area contributed by atoms with E-state index in [0.717, 1.165) is 26.8 Å². The van der Waals surface area contributed by atoms with E-state index in [0.29, 0.717) is 15.9 Å². The van der Waals surface area contributed by atoms with E-state index in [2.05, 4.69) is 15.5 Å². The van der Waals surface area contributed by atoms with Crippen molar-refractivity contribution in [3.8, 4) is 16.9 Å². The topological polar surface area (TPSA) is 64.1 Å². The van der Waals surface area contributed by atoms with Gasteiger partial charge >= 0.3 is 0 Å². The van der Waals surface area contributed by atoms with Crippen molar-refractivity contribution in [2.24, 2.45) is 0 Å². The minimum absolute atomic E-state index is 0.133. The van der Waals surface area contributed by atoms with Crippen LogP contribution in [0.3, 0.4) is 0 Å². The number of nitrogens with one attached hydrogen (secondary N) is 1. The van der Waals surface area contributed by atoms with Crippen molar-refractivity contribution in [1.29, 1.82) is 0 Å². The first kappa shape index (κ1) is 16.2. The number of hydrogen-bond acceptors (Lipinski definition) is 6. The minimum atomic E-state index is -0.133. The summed E-state index contributed by atoms with van der Waals surface area (Å²) in [7, 11) is 1.65. The van der Waals surface area contributed by atoms with Gasteiger partial charge in [0.1, 0.15) is 10.8 Å². The average Bonchev–Trinajstić information content (AvgIpc) is 3.25. The first-order valence-corrected chi connectivity index (χ1v) is 9.67. The SMILES string of the molecule is COc1ccc(-c2cc(C(=O)Nc3nnc(C4CC4)s3)sc2C)cc1. The molecule has 25 heavy (non-hydrogen) atoms. The summed E-state index contributed by atoms with van der Waals surface area (Å²) in [6, 6.07) is 9.78. The summed E-state index contributed by atoms with van der Waals surface area (Å²) >= 11 is 2.96. The van der Waals surface area contributed by atoms with E-state index in [1.165, 1.54) is 35.5 Å². The Morgan fingerprint density at radius 1 is 1.20 bits per heavy atom. The molecule has 1 N–H and O–H groups in total. The van der Waals surface area contributed by atoms with Gasteiger partial charge in [0.05, 0.1) is 12.0 Å². The van der Waals surface area contributed by atoms with Crippen molar-refractivity contribution in [1.82, 2.24) is 10.2 Å². The van der Waals surface area contributed by atoms with Crippen LogP contribution in [-0.4, -0.2) is 23.2 Å². The highest BCUT2D eigenvalue weighted by atomic mass is 32.1. The number of amides is 1. The maximum absolute atomic E-state index is 12.5. The van der Waals surface area contributed by atoms with Crippen molar-refractivity contribution in [2.45, 2.75) is 25.7 Å². The molecule has 0 spiro atoms. The van der Waals surface area contributed by atoms with E-state index < -0.39 is 0 Å². The fourth-order valence-corrected chi connectivity index (χ4v) is 4.43. The predicted molar refractivity (Wildman–Crippen MR) is 101 cm³/mol. The smallest absolute Gasteiger partial charge is 0.267 e. The Bertz CT molecular complexity index is 911. The van der Waals surface area contributed by atoms with Gasteiger partial charge in [-0.2, -0.15) is 0 Å². The zero-order valence-corrected chi connectivity index (χ0v) is 15.5. The molecule has 3 aromatic rings. The molecule has 0 radical (unpaired) electrons. The molecule has 2 heterocycles. The Morgan fingerprint density at radius 2 is 1.96 bits per heavy atom. The molecule has 1 aliphatic carbocycles. The van der Waals surface area contributed by atoms with E-state index >= 15 is 0 Å². The summed E-state index contributed by atoms with van der Waals surface area (Å²) < 4.78 is 5.20. The van der Waals surface area contributed by atoms with Crippen molar-refractivity contribution >= 4 is 33.7 Å². The molecule has 1 amide bonds. The fourth-order valence-electron chi connectivity index (χ4n) is 2.59. The normalized spacial score (nSPS) is 13.7. The molecule has 1 saturated carbocycles. The van der Waals surface area contributed by atoms with Crippen LogP contribution in [0.5, 0.6) is 5.75 Å². The number of aromatic nitrogens is 2. The summed E-state index contributed by atoms with van der Waals surface area (Å²) in [5.74, 6) is 1.23. The molecule has 1 aromatic carbocycles. The molecule has 1 fully saturated rings. The standard InChI is InChI=1S/C18H17N3O2S2/c1-10-14(11-5-7-13(23-2)8-6-11)9-15(24-10)16(22)19-18-21-20-17(25-18)12-3-4-12/h5-9,12H,3-4H2,1-2H3,(H,19,21,22). The maximum atomic E-state index is 12.5. The Kier molecular flexibility index (Phi) is 4.27. The second kappa shape index (κ2) is 6.57. The zero-order valence-electron chi connectivity index (χ0n) is 13.9. The number of carbonyl (C=O) groups is 1. The number of methoxy groups -OCH3 is 1. The maximum Gasteiger partial charge on any atom is 0.267 e. The lowest BCUT2D eigenvalue weighted by Gasteiger charge is -2.02. The van der Waals surface area contributed by atoms with Gasteiger partial charge in [-0.1, -0.05) is 23.5 Å². The van der Waals surface area contributed by atoms with Gasteiger partial charge in [-0.3, -0.25) is 10.1 Å². The molecule has 5 nitrogen and oxygen atoms in total. The molecule has 128 valence electrons. The van der Waals surface area contributed by atoms with Crippen LogP contribution in [0.4, 0.5) is 5.13 Å². The number of benzene rings is 1. The van der Waals surface area contributed by atoms with Crippen LogP contribution in [0, 0.1) is 6.92 Å². The van der Waals surface area contributed by atoms with Crippen LogP contribution >= 0.6 is 22.7 Å². The highest BCUT2D eigenvalue weighted by Crippen LogP contribution is 2.42. The highest BCUT2D eigenvalue weighted by molar-refractivity contribution is 7.16. The van der Waals surface area contributed by atoms with Crippen molar-refractivity contribution in [2.75, 3.05) is 12.4 Å². The van der Waals surface area contributed by atoms with Crippen LogP contribution in [0.2, 0.25) is 0 Å². The number of hydrogen-bond donors (Lipinski definition) is 1. The van der Waals surface area contributed by atoms with Crippen LogP contribution in [0.1, 0.15) is 38.3 Å². The van der Waals surface area contributed by atoms with Gasteiger partial charge in [0.15, 0.2) is 0 Å². The molecule has 2 aromatic heterocycles. The van der Waals surface area contributed by atoms with Gasteiger partial charge in [0.2, 0.25) is 5.13 Å². The lowest BCUT2D eigenvalue weighted by Crippen LogP contribution is -2.09. The van der Waals surface area contributed by atoms with Gasteiger partial charge < -0.3 is 4.74 Å².